The van der Waals surface area contributed by atoms with Crippen LogP contribution in [0.5, 0.6) is 0 Å². The van der Waals surface area contributed by atoms with Gasteiger partial charge in [-0.15, -0.1) is 0 Å². The van der Waals surface area contributed by atoms with Gasteiger partial charge in [-0.3, -0.25) is 19.7 Å². The zero-order valence-corrected chi connectivity index (χ0v) is 13.8. The smallest absolute Gasteiger partial charge is 0.249 e. The molecular formula is C17H30N2O3. The predicted molar refractivity (Wildman–Crippen MR) is 86.2 cm³/mol. The van der Waals surface area contributed by atoms with E-state index in [0.29, 0.717) is 19.3 Å². The Labute approximate surface area is 133 Å². The molecule has 0 aromatic carbocycles. The van der Waals surface area contributed by atoms with Crippen molar-refractivity contribution in [1.29, 1.82) is 0 Å². The Morgan fingerprint density at radius 3 is 2.23 bits per heavy atom. The van der Waals surface area contributed by atoms with E-state index in [1.165, 1.54) is 44.9 Å². The summed E-state index contributed by atoms with van der Waals surface area (Å²) in [7, 11) is 0. The quantitative estimate of drug-likeness (QED) is 0.455. The minimum atomic E-state index is -0.538. The van der Waals surface area contributed by atoms with Gasteiger partial charge in [0.2, 0.25) is 17.7 Å². The summed E-state index contributed by atoms with van der Waals surface area (Å²) in [4.78, 5) is 34.3. The number of piperidine rings is 1. The lowest BCUT2D eigenvalue weighted by molar-refractivity contribution is -0.137. The van der Waals surface area contributed by atoms with Crippen LogP contribution in [0.15, 0.2) is 0 Å². The van der Waals surface area contributed by atoms with Gasteiger partial charge in [-0.1, -0.05) is 58.3 Å². The molecule has 5 heteroatoms. The highest BCUT2D eigenvalue weighted by atomic mass is 16.2. The average Bonchev–Trinajstić information content (AvgIpc) is 2.48. The molecule has 1 saturated heterocycles. The maximum absolute atomic E-state index is 11.8. The van der Waals surface area contributed by atoms with Gasteiger partial charge in [0.1, 0.15) is 6.04 Å². The molecule has 2 N–H and O–H groups in total. The van der Waals surface area contributed by atoms with Crippen LogP contribution in [0.2, 0.25) is 0 Å². The third-order valence-electron chi connectivity index (χ3n) is 4.08. The fourth-order valence-electron chi connectivity index (χ4n) is 2.69. The van der Waals surface area contributed by atoms with E-state index in [4.69, 9.17) is 0 Å². The molecule has 3 amide bonds. The summed E-state index contributed by atoms with van der Waals surface area (Å²) in [5.74, 6) is -0.719. The Morgan fingerprint density at radius 2 is 1.64 bits per heavy atom. The number of rotatable bonds is 11. The van der Waals surface area contributed by atoms with Crippen LogP contribution in [0, 0.1) is 0 Å². The summed E-state index contributed by atoms with van der Waals surface area (Å²) in [6.07, 6.45) is 12.1. The Morgan fingerprint density at radius 1 is 1.05 bits per heavy atom. The highest BCUT2D eigenvalue weighted by molar-refractivity contribution is 6.01. The molecule has 0 aliphatic carbocycles. The molecule has 1 unspecified atom stereocenters. The van der Waals surface area contributed by atoms with Crippen LogP contribution in [0.4, 0.5) is 0 Å². The normalized spacial score (nSPS) is 18.1. The Balaban J connectivity index is 1.97. The summed E-state index contributed by atoms with van der Waals surface area (Å²) in [5, 5.41) is 4.96. The van der Waals surface area contributed by atoms with Crippen LogP contribution in [0.3, 0.4) is 0 Å². The fourth-order valence-corrected chi connectivity index (χ4v) is 2.69. The molecule has 0 bridgehead atoms. The fraction of sp³-hybridized carbons (Fsp3) is 0.824. The zero-order valence-electron chi connectivity index (χ0n) is 13.8. The van der Waals surface area contributed by atoms with Gasteiger partial charge in [0.05, 0.1) is 0 Å². The zero-order chi connectivity index (χ0) is 16.2. The van der Waals surface area contributed by atoms with Gasteiger partial charge in [0, 0.05) is 12.8 Å². The monoisotopic (exact) mass is 310 g/mol. The van der Waals surface area contributed by atoms with Crippen molar-refractivity contribution < 1.29 is 14.4 Å². The first-order valence-corrected chi connectivity index (χ1v) is 8.76. The molecule has 1 rings (SSSR count). The van der Waals surface area contributed by atoms with Crippen molar-refractivity contribution in [3.8, 4) is 0 Å². The first-order chi connectivity index (χ1) is 10.6. The topological polar surface area (TPSA) is 75.3 Å². The number of hydrogen-bond donors (Lipinski definition) is 2. The van der Waals surface area contributed by atoms with E-state index in [2.05, 4.69) is 17.6 Å². The minimum Gasteiger partial charge on any atom is -0.344 e. The largest absolute Gasteiger partial charge is 0.344 e. The van der Waals surface area contributed by atoms with Crippen LogP contribution < -0.4 is 10.6 Å². The molecular weight excluding hydrogens is 280 g/mol. The van der Waals surface area contributed by atoms with E-state index in [1.54, 1.807) is 0 Å². The number of imide groups is 1. The summed E-state index contributed by atoms with van der Waals surface area (Å²) in [6, 6.07) is -0.538. The molecule has 5 nitrogen and oxygen atoms in total. The number of carbonyl (C=O) groups excluding carboxylic acids is 3. The van der Waals surface area contributed by atoms with E-state index >= 15 is 0 Å². The highest BCUT2D eigenvalue weighted by Crippen LogP contribution is 2.11. The van der Waals surface area contributed by atoms with Crippen molar-refractivity contribution in [1.82, 2.24) is 10.6 Å². The number of nitrogens with one attached hydrogen (secondary N) is 2. The summed E-state index contributed by atoms with van der Waals surface area (Å²) < 4.78 is 0. The van der Waals surface area contributed by atoms with Crippen molar-refractivity contribution in [2.24, 2.45) is 0 Å². The lowest BCUT2D eigenvalue weighted by Gasteiger charge is -2.21. The van der Waals surface area contributed by atoms with E-state index in [-0.39, 0.29) is 17.7 Å². The second kappa shape index (κ2) is 11.2. The standard InChI is InChI=1S/C17H30N2O3/c1-2-3-4-5-6-7-8-9-10-11-15(20)18-14-12-13-16(21)19-17(14)22/h14H,2-13H2,1H3,(H,18,20)(H,19,21,22). The molecule has 1 aliphatic heterocycles. The van der Waals surface area contributed by atoms with Gasteiger partial charge in [-0.25, -0.2) is 0 Å². The van der Waals surface area contributed by atoms with E-state index in [9.17, 15) is 14.4 Å². The van der Waals surface area contributed by atoms with Crippen molar-refractivity contribution in [2.75, 3.05) is 0 Å². The SMILES string of the molecule is CCCCCCCCCCCC(=O)NC1CCC(=O)NC1=O. The molecule has 0 radical (unpaired) electrons. The third kappa shape index (κ3) is 8.15. The lowest BCUT2D eigenvalue weighted by Crippen LogP contribution is -2.52. The van der Waals surface area contributed by atoms with Crippen LogP contribution in [0.25, 0.3) is 0 Å². The van der Waals surface area contributed by atoms with Gasteiger partial charge in [-0.05, 0) is 12.8 Å². The number of hydrogen-bond acceptors (Lipinski definition) is 3. The van der Waals surface area contributed by atoms with Crippen molar-refractivity contribution in [3.63, 3.8) is 0 Å². The highest BCUT2D eigenvalue weighted by Gasteiger charge is 2.27. The third-order valence-corrected chi connectivity index (χ3v) is 4.08. The van der Waals surface area contributed by atoms with Crippen LogP contribution >= 0.6 is 0 Å². The van der Waals surface area contributed by atoms with E-state index in [0.717, 1.165) is 12.8 Å². The van der Waals surface area contributed by atoms with Gasteiger partial charge >= 0.3 is 0 Å². The first kappa shape index (κ1) is 18.7. The maximum Gasteiger partial charge on any atom is 0.249 e. The summed E-state index contributed by atoms with van der Waals surface area (Å²) in [5.41, 5.74) is 0. The minimum absolute atomic E-state index is 0.0857. The Bertz CT molecular complexity index is 369. The molecule has 22 heavy (non-hydrogen) atoms. The number of amides is 3. The summed E-state index contributed by atoms with van der Waals surface area (Å²) >= 11 is 0. The molecule has 1 aliphatic rings. The molecule has 0 saturated carbocycles. The van der Waals surface area contributed by atoms with Crippen LogP contribution in [0.1, 0.15) is 84.0 Å². The van der Waals surface area contributed by atoms with Crippen molar-refractivity contribution in [3.05, 3.63) is 0 Å². The maximum atomic E-state index is 11.8. The molecule has 126 valence electrons. The Kier molecular flexibility index (Phi) is 9.51. The second-order valence-corrected chi connectivity index (χ2v) is 6.15. The van der Waals surface area contributed by atoms with Crippen molar-refractivity contribution in [2.45, 2.75) is 90.0 Å². The average molecular weight is 310 g/mol. The number of unbranched alkanes of at least 4 members (excludes halogenated alkanes) is 8. The van der Waals surface area contributed by atoms with Crippen LogP contribution in [-0.4, -0.2) is 23.8 Å². The van der Waals surface area contributed by atoms with Crippen molar-refractivity contribution >= 4 is 17.7 Å². The lowest BCUT2D eigenvalue weighted by atomic mass is 10.0. The molecule has 1 fully saturated rings. The Hall–Kier alpha value is -1.39. The van der Waals surface area contributed by atoms with Gasteiger partial charge in [0.25, 0.3) is 0 Å². The summed E-state index contributed by atoms with van der Waals surface area (Å²) in [6.45, 7) is 2.22. The first-order valence-electron chi connectivity index (χ1n) is 8.76. The van der Waals surface area contributed by atoms with E-state index < -0.39 is 6.04 Å². The van der Waals surface area contributed by atoms with Gasteiger partial charge in [-0.2, -0.15) is 0 Å². The molecule has 1 atom stereocenters. The van der Waals surface area contributed by atoms with E-state index in [1.807, 2.05) is 0 Å². The molecule has 1 heterocycles. The van der Waals surface area contributed by atoms with Gasteiger partial charge < -0.3 is 5.32 Å². The molecule has 0 aromatic rings. The van der Waals surface area contributed by atoms with Crippen LogP contribution in [-0.2, 0) is 14.4 Å². The van der Waals surface area contributed by atoms with Gasteiger partial charge in [0.15, 0.2) is 0 Å². The second-order valence-electron chi connectivity index (χ2n) is 6.15. The predicted octanol–water partition coefficient (Wildman–Crippen LogP) is 2.83. The number of carbonyl (C=O) groups is 3. The molecule has 0 spiro atoms. The molecule has 0 aromatic heterocycles.